The smallest absolute Gasteiger partial charge is 0.224 e. The van der Waals surface area contributed by atoms with Gasteiger partial charge in [-0.05, 0) is 47.9 Å². The number of Topliss-reactive ketones (excluding diaryl/α,β-unsaturated/α-hetero) is 1. The van der Waals surface area contributed by atoms with Crippen LogP contribution in [0.5, 0.6) is 0 Å². The lowest BCUT2D eigenvalue weighted by Gasteiger charge is -2.07. The van der Waals surface area contributed by atoms with Crippen LogP contribution >= 0.6 is 0 Å². The molecular weight excluding hydrogens is 354 g/mol. The van der Waals surface area contributed by atoms with Gasteiger partial charge in [0.2, 0.25) is 11.7 Å². The van der Waals surface area contributed by atoms with Crippen molar-refractivity contribution in [3.05, 3.63) is 59.7 Å². The van der Waals surface area contributed by atoms with Crippen molar-refractivity contribution < 1.29 is 9.59 Å². The fraction of sp³-hybridized carbons (Fsp3) is 0.286. The number of carbonyl (C=O) groups is 2. The highest BCUT2D eigenvalue weighted by atomic mass is 16.1. The quantitative estimate of drug-likeness (QED) is 0.636. The number of tetrazole rings is 1. The fourth-order valence-electron chi connectivity index (χ4n) is 2.78. The highest BCUT2D eigenvalue weighted by molar-refractivity contribution is 5.97. The van der Waals surface area contributed by atoms with Crippen LogP contribution in [0.4, 0.5) is 5.69 Å². The molecule has 1 aromatic heterocycles. The minimum atomic E-state index is -0.131. The Hall–Kier alpha value is -3.35. The van der Waals surface area contributed by atoms with Crippen LogP contribution in [0.3, 0.4) is 0 Å². The van der Waals surface area contributed by atoms with E-state index in [9.17, 15) is 9.59 Å². The van der Waals surface area contributed by atoms with E-state index in [1.54, 1.807) is 24.3 Å². The first-order valence-corrected chi connectivity index (χ1v) is 9.19. The number of nitrogens with one attached hydrogen (secondary N) is 1. The van der Waals surface area contributed by atoms with E-state index in [2.05, 4.69) is 20.7 Å². The number of hydrogen-bond acceptors (Lipinski definition) is 5. The summed E-state index contributed by atoms with van der Waals surface area (Å²) >= 11 is 0. The second-order valence-electron chi connectivity index (χ2n) is 7.11. The summed E-state index contributed by atoms with van der Waals surface area (Å²) in [4.78, 5) is 25.6. The summed E-state index contributed by atoms with van der Waals surface area (Å²) in [7, 11) is 0. The number of nitrogens with zero attached hydrogens (tertiary/aromatic N) is 4. The van der Waals surface area contributed by atoms with Gasteiger partial charge in [-0.3, -0.25) is 9.59 Å². The number of amides is 1. The highest BCUT2D eigenvalue weighted by Crippen LogP contribution is 2.18. The molecule has 0 aliphatic rings. The van der Waals surface area contributed by atoms with Gasteiger partial charge in [-0.1, -0.05) is 38.1 Å². The van der Waals surface area contributed by atoms with E-state index < -0.39 is 0 Å². The standard InChI is InChI=1S/C21H23N5O2/c1-14(2)12-20(28)22-17-10-8-16(9-11-17)19(27)13-26-24-21(23-25-26)18-7-5-4-6-15(18)3/h4-11,14H,12-13H2,1-3H3,(H,22,28). The largest absolute Gasteiger partial charge is 0.326 e. The molecule has 0 fully saturated rings. The average molecular weight is 377 g/mol. The van der Waals surface area contributed by atoms with Crippen LogP contribution in [0, 0.1) is 12.8 Å². The van der Waals surface area contributed by atoms with Crippen LogP contribution in [0.15, 0.2) is 48.5 Å². The molecule has 3 aromatic rings. The monoisotopic (exact) mass is 377 g/mol. The molecule has 0 aliphatic carbocycles. The Labute approximate surface area is 163 Å². The third-order valence-corrected chi connectivity index (χ3v) is 4.21. The summed E-state index contributed by atoms with van der Waals surface area (Å²) in [6, 6.07) is 14.6. The van der Waals surface area contributed by atoms with Crippen molar-refractivity contribution in [1.29, 1.82) is 0 Å². The number of hydrogen-bond donors (Lipinski definition) is 1. The fourth-order valence-corrected chi connectivity index (χ4v) is 2.78. The third-order valence-electron chi connectivity index (χ3n) is 4.21. The Morgan fingerprint density at radius 2 is 1.79 bits per heavy atom. The van der Waals surface area contributed by atoms with E-state index in [-0.39, 0.29) is 18.2 Å². The molecule has 0 unspecified atom stereocenters. The molecule has 1 amide bonds. The van der Waals surface area contributed by atoms with Gasteiger partial charge in [-0.15, -0.1) is 10.2 Å². The summed E-state index contributed by atoms with van der Waals surface area (Å²) in [6.45, 7) is 5.95. The molecule has 1 N–H and O–H groups in total. The normalized spacial score (nSPS) is 10.9. The maximum atomic E-state index is 12.5. The van der Waals surface area contributed by atoms with Crippen molar-refractivity contribution in [2.24, 2.45) is 5.92 Å². The van der Waals surface area contributed by atoms with Gasteiger partial charge >= 0.3 is 0 Å². The number of carbonyl (C=O) groups excluding carboxylic acids is 2. The molecule has 0 atom stereocenters. The molecule has 7 nitrogen and oxygen atoms in total. The molecule has 144 valence electrons. The van der Waals surface area contributed by atoms with E-state index >= 15 is 0 Å². The van der Waals surface area contributed by atoms with Crippen LogP contribution in [0.25, 0.3) is 11.4 Å². The first-order valence-electron chi connectivity index (χ1n) is 9.19. The molecular formula is C21H23N5O2. The molecule has 0 radical (unpaired) electrons. The Morgan fingerprint density at radius 1 is 1.07 bits per heavy atom. The van der Waals surface area contributed by atoms with Crippen molar-refractivity contribution in [3.8, 4) is 11.4 Å². The van der Waals surface area contributed by atoms with E-state index in [1.165, 1.54) is 4.80 Å². The second-order valence-corrected chi connectivity index (χ2v) is 7.11. The number of benzene rings is 2. The second kappa shape index (κ2) is 8.56. The number of rotatable bonds is 7. The van der Waals surface area contributed by atoms with Gasteiger partial charge < -0.3 is 5.32 Å². The molecule has 0 bridgehead atoms. The Bertz CT molecular complexity index is 976. The molecule has 0 saturated carbocycles. The third kappa shape index (κ3) is 4.88. The van der Waals surface area contributed by atoms with Gasteiger partial charge in [0.1, 0.15) is 6.54 Å². The Balaban J connectivity index is 1.64. The van der Waals surface area contributed by atoms with Crippen LogP contribution in [0.2, 0.25) is 0 Å². The number of aromatic nitrogens is 4. The summed E-state index contributed by atoms with van der Waals surface area (Å²) < 4.78 is 0. The lowest BCUT2D eigenvalue weighted by molar-refractivity contribution is -0.116. The molecule has 28 heavy (non-hydrogen) atoms. The van der Waals surface area contributed by atoms with Crippen molar-refractivity contribution in [1.82, 2.24) is 20.2 Å². The van der Waals surface area contributed by atoms with Crippen LogP contribution in [-0.4, -0.2) is 31.9 Å². The number of aryl methyl sites for hydroxylation is 1. The Morgan fingerprint density at radius 3 is 2.46 bits per heavy atom. The minimum absolute atomic E-state index is 0.00205. The van der Waals surface area contributed by atoms with Gasteiger partial charge in [0.05, 0.1) is 0 Å². The first-order chi connectivity index (χ1) is 13.4. The van der Waals surface area contributed by atoms with Gasteiger partial charge in [-0.25, -0.2) is 0 Å². The predicted molar refractivity (Wildman–Crippen MR) is 107 cm³/mol. The van der Waals surface area contributed by atoms with Crippen molar-refractivity contribution in [2.45, 2.75) is 33.7 Å². The predicted octanol–water partition coefficient (Wildman–Crippen LogP) is 3.52. The summed E-state index contributed by atoms with van der Waals surface area (Å²) in [6.07, 6.45) is 0.460. The molecule has 0 spiro atoms. The maximum Gasteiger partial charge on any atom is 0.224 e. The SMILES string of the molecule is Cc1ccccc1-c1nnn(CC(=O)c2ccc(NC(=O)CC(C)C)cc2)n1. The molecule has 2 aromatic carbocycles. The van der Waals surface area contributed by atoms with E-state index in [0.717, 1.165) is 11.1 Å². The zero-order valence-electron chi connectivity index (χ0n) is 16.2. The molecule has 7 heteroatoms. The zero-order valence-corrected chi connectivity index (χ0v) is 16.2. The summed E-state index contributed by atoms with van der Waals surface area (Å²) in [5.74, 6) is 0.619. The van der Waals surface area contributed by atoms with E-state index in [1.807, 2.05) is 45.0 Å². The lowest BCUT2D eigenvalue weighted by Crippen LogP contribution is -2.15. The topological polar surface area (TPSA) is 89.8 Å². The van der Waals surface area contributed by atoms with Gasteiger partial charge in [0.15, 0.2) is 5.78 Å². The molecule has 3 rings (SSSR count). The van der Waals surface area contributed by atoms with Crippen molar-refractivity contribution in [2.75, 3.05) is 5.32 Å². The van der Waals surface area contributed by atoms with Crippen LogP contribution in [0.1, 0.15) is 36.2 Å². The van der Waals surface area contributed by atoms with Crippen molar-refractivity contribution in [3.63, 3.8) is 0 Å². The molecule has 1 heterocycles. The lowest BCUT2D eigenvalue weighted by atomic mass is 10.1. The van der Waals surface area contributed by atoms with Crippen molar-refractivity contribution >= 4 is 17.4 Å². The van der Waals surface area contributed by atoms with Gasteiger partial charge in [0, 0.05) is 23.2 Å². The average Bonchev–Trinajstić information content (AvgIpc) is 3.10. The van der Waals surface area contributed by atoms with E-state index in [4.69, 9.17) is 0 Å². The maximum absolute atomic E-state index is 12.5. The van der Waals surface area contributed by atoms with Crippen LogP contribution < -0.4 is 5.32 Å². The Kier molecular flexibility index (Phi) is 5.93. The minimum Gasteiger partial charge on any atom is -0.326 e. The molecule has 0 aliphatic heterocycles. The zero-order chi connectivity index (χ0) is 20.1. The summed E-state index contributed by atoms with van der Waals surface area (Å²) in [5.41, 5.74) is 3.13. The molecule has 0 saturated heterocycles. The van der Waals surface area contributed by atoms with E-state index in [0.29, 0.717) is 29.4 Å². The number of ketones is 1. The van der Waals surface area contributed by atoms with Gasteiger partial charge in [0.25, 0.3) is 0 Å². The first kappa shape index (κ1) is 19.4. The summed E-state index contributed by atoms with van der Waals surface area (Å²) in [5, 5.41) is 15.2. The van der Waals surface area contributed by atoms with Crippen LogP contribution in [-0.2, 0) is 11.3 Å². The number of anilines is 1. The highest BCUT2D eigenvalue weighted by Gasteiger charge is 2.13. The van der Waals surface area contributed by atoms with Gasteiger partial charge in [-0.2, -0.15) is 4.80 Å².